The summed E-state index contributed by atoms with van der Waals surface area (Å²) in [6.45, 7) is 9.57. The lowest BCUT2D eigenvalue weighted by Crippen LogP contribution is -2.51. The quantitative estimate of drug-likeness (QED) is 0.132. The molecule has 13 nitrogen and oxygen atoms in total. The van der Waals surface area contributed by atoms with Gasteiger partial charge in [0.25, 0.3) is 5.91 Å². The van der Waals surface area contributed by atoms with Crippen molar-refractivity contribution in [1.82, 2.24) is 9.96 Å². The summed E-state index contributed by atoms with van der Waals surface area (Å²) in [5, 5.41) is 19.7. The lowest BCUT2D eigenvalue weighted by molar-refractivity contribution is -0.181. The van der Waals surface area contributed by atoms with Crippen molar-refractivity contribution < 1.29 is 48.4 Å². The molecule has 2 aliphatic carbocycles. The lowest BCUT2D eigenvalue weighted by Gasteiger charge is -2.32. The maximum atomic E-state index is 14.2. The third-order valence-corrected chi connectivity index (χ3v) is 9.43. The van der Waals surface area contributed by atoms with E-state index in [0.29, 0.717) is 32.0 Å². The average molecular weight is 754 g/mol. The molecule has 0 aromatic heterocycles. The maximum absolute atomic E-state index is 14.2. The molecule has 0 radical (unpaired) electrons. The number of rotatable bonds is 17. The second kappa shape index (κ2) is 20.0. The largest absolute Gasteiger partial charge is 0.458 e. The van der Waals surface area contributed by atoms with E-state index in [2.05, 4.69) is 4.90 Å². The van der Waals surface area contributed by atoms with Crippen LogP contribution in [0.1, 0.15) is 77.3 Å². The van der Waals surface area contributed by atoms with Crippen molar-refractivity contribution >= 4 is 29.5 Å². The molecule has 2 aromatic rings. The van der Waals surface area contributed by atoms with Gasteiger partial charge >= 0.3 is 17.9 Å². The lowest BCUT2D eigenvalue weighted by atomic mass is 10.0. The molecule has 0 unspecified atom stereocenters. The summed E-state index contributed by atoms with van der Waals surface area (Å²) in [7, 11) is 2.90. The molecule has 4 atom stereocenters. The standard InChI is InChI=1S/C37H49N3O9.C4H10O/c1-25(35(42)47-24-29-7-5-4-6-8-29)48-36(43)31(21-26-9-10-26)38(2)34(41)33(49-37(44)32(39(3)45)22-27-11-12-27)23-28-13-15-30(16-14-28)40-17-19-46-20-18-40;1-4(2,3)5/h4-8,13-16,25-27,31-33,45H,9-12,17-24H2,1-3H3;5H,1-3H3/t25-,31+,32+,33-;/m1./s1. The van der Waals surface area contributed by atoms with Crippen molar-refractivity contribution in [2.75, 3.05) is 45.3 Å². The molecule has 1 heterocycles. The van der Waals surface area contributed by atoms with Gasteiger partial charge < -0.3 is 39.1 Å². The molecule has 0 bridgehead atoms. The Morgan fingerprint density at radius 2 is 1.35 bits per heavy atom. The molecule has 5 rings (SSSR count). The number of hydroxylamine groups is 2. The topological polar surface area (TPSA) is 155 Å². The maximum Gasteiger partial charge on any atom is 0.347 e. The first-order chi connectivity index (χ1) is 25.6. The molecule has 1 saturated heterocycles. The van der Waals surface area contributed by atoms with E-state index in [1.807, 2.05) is 54.6 Å². The summed E-state index contributed by atoms with van der Waals surface area (Å²) in [5.41, 5.74) is 2.09. The number of ether oxygens (including phenoxy) is 4. The molecule has 298 valence electrons. The van der Waals surface area contributed by atoms with E-state index in [1.165, 1.54) is 25.9 Å². The Bertz CT molecular complexity index is 1490. The van der Waals surface area contributed by atoms with E-state index < -0.39 is 53.7 Å². The Hall–Kier alpha value is -4.04. The van der Waals surface area contributed by atoms with Gasteiger partial charge in [0.05, 0.1) is 18.8 Å². The molecular weight excluding hydrogens is 694 g/mol. The van der Waals surface area contributed by atoms with Gasteiger partial charge in [-0.05, 0) is 75.6 Å². The van der Waals surface area contributed by atoms with Crippen LogP contribution < -0.4 is 4.90 Å². The van der Waals surface area contributed by atoms with Crippen LogP contribution in [0.25, 0.3) is 0 Å². The van der Waals surface area contributed by atoms with E-state index in [-0.39, 0.29) is 18.9 Å². The molecule has 54 heavy (non-hydrogen) atoms. The van der Waals surface area contributed by atoms with Crippen LogP contribution in [0.2, 0.25) is 0 Å². The normalized spacial score (nSPS) is 18.0. The van der Waals surface area contributed by atoms with Crippen LogP contribution in [0.5, 0.6) is 0 Å². The second-order valence-electron chi connectivity index (χ2n) is 15.7. The third kappa shape index (κ3) is 14.7. The molecule has 3 aliphatic rings. The van der Waals surface area contributed by atoms with Crippen LogP contribution in [0, 0.1) is 11.8 Å². The monoisotopic (exact) mass is 753 g/mol. The van der Waals surface area contributed by atoms with Crippen LogP contribution in [0.15, 0.2) is 54.6 Å². The highest BCUT2D eigenvalue weighted by Gasteiger charge is 2.41. The molecule has 1 aliphatic heterocycles. The number of hydrogen-bond acceptors (Lipinski definition) is 12. The van der Waals surface area contributed by atoms with Crippen LogP contribution in [-0.4, -0.2) is 114 Å². The zero-order chi connectivity index (χ0) is 39.4. The van der Waals surface area contributed by atoms with Gasteiger partial charge in [-0.25, -0.2) is 9.59 Å². The number of likely N-dealkylation sites (N-methyl/N-ethyl adjacent to an activating group) is 2. The van der Waals surface area contributed by atoms with Gasteiger partial charge in [-0.2, -0.15) is 5.06 Å². The Labute approximate surface area is 319 Å². The van der Waals surface area contributed by atoms with Crippen molar-refractivity contribution in [1.29, 1.82) is 0 Å². The summed E-state index contributed by atoms with van der Waals surface area (Å²) in [5.74, 6) is -2.15. The van der Waals surface area contributed by atoms with Gasteiger partial charge in [0.1, 0.15) is 18.7 Å². The van der Waals surface area contributed by atoms with E-state index >= 15 is 0 Å². The molecule has 13 heteroatoms. The van der Waals surface area contributed by atoms with E-state index in [4.69, 9.17) is 24.1 Å². The van der Waals surface area contributed by atoms with E-state index in [0.717, 1.165) is 60.7 Å². The molecule has 2 aromatic carbocycles. The number of carbonyl (C=O) groups is 4. The Morgan fingerprint density at radius 3 is 1.89 bits per heavy atom. The smallest absolute Gasteiger partial charge is 0.347 e. The fourth-order valence-electron chi connectivity index (χ4n) is 5.96. The predicted molar refractivity (Wildman–Crippen MR) is 201 cm³/mol. The molecule has 0 spiro atoms. The predicted octanol–water partition coefficient (Wildman–Crippen LogP) is 4.55. The Kier molecular flexibility index (Phi) is 15.8. The third-order valence-electron chi connectivity index (χ3n) is 9.43. The first kappa shape index (κ1) is 42.7. The minimum Gasteiger partial charge on any atom is -0.458 e. The van der Waals surface area contributed by atoms with Gasteiger partial charge in [0.15, 0.2) is 12.2 Å². The summed E-state index contributed by atoms with van der Waals surface area (Å²) >= 11 is 0. The van der Waals surface area contributed by atoms with Gasteiger partial charge in [-0.1, -0.05) is 68.1 Å². The number of carbonyl (C=O) groups excluding carboxylic acids is 4. The van der Waals surface area contributed by atoms with Crippen LogP contribution in [0.4, 0.5) is 5.69 Å². The number of aliphatic hydroxyl groups is 1. The van der Waals surface area contributed by atoms with Crippen LogP contribution >= 0.6 is 0 Å². The summed E-state index contributed by atoms with van der Waals surface area (Å²) in [4.78, 5) is 57.4. The molecule has 1 amide bonds. The minimum absolute atomic E-state index is 0.0384. The highest BCUT2D eigenvalue weighted by atomic mass is 16.6. The van der Waals surface area contributed by atoms with E-state index in [1.54, 1.807) is 20.8 Å². The number of morpholine rings is 1. The first-order valence-corrected chi connectivity index (χ1v) is 19.0. The highest BCUT2D eigenvalue weighted by Crippen LogP contribution is 2.36. The van der Waals surface area contributed by atoms with Gasteiger partial charge in [0, 0.05) is 39.3 Å². The van der Waals surface area contributed by atoms with Crippen molar-refractivity contribution in [3.63, 3.8) is 0 Å². The highest BCUT2D eigenvalue weighted by molar-refractivity contribution is 5.90. The molecule has 3 fully saturated rings. The molecule has 2 saturated carbocycles. The Morgan fingerprint density at radius 1 is 0.815 bits per heavy atom. The first-order valence-electron chi connectivity index (χ1n) is 19.0. The Balaban J connectivity index is 0.00000122. The number of esters is 3. The molecule has 2 N–H and O–H groups in total. The number of anilines is 1. The van der Waals surface area contributed by atoms with Crippen molar-refractivity contribution in [2.24, 2.45) is 11.8 Å². The number of nitrogens with zero attached hydrogens (tertiary/aromatic N) is 3. The summed E-state index contributed by atoms with van der Waals surface area (Å²) < 4.78 is 22.3. The van der Waals surface area contributed by atoms with Gasteiger partial charge in [-0.3, -0.25) is 9.59 Å². The SMILES string of the molecule is CC(C)(C)O.C[C@@H](OC(=O)[C@H](CC1CC1)N(C)C(=O)[C@@H](Cc1ccc(N2CCOCC2)cc1)OC(=O)[C@H](CC1CC1)N(C)O)C(=O)OCc1ccccc1. The van der Waals surface area contributed by atoms with Crippen molar-refractivity contribution in [3.8, 4) is 0 Å². The fourth-order valence-corrected chi connectivity index (χ4v) is 5.96. The zero-order valence-corrected chi connectivity index (χ0v) is 32.6. The number of amides is 1. The molecular formula is C41H59N3O10. The second-order valence-corrected chi connectivity index (χ2v) is 15.7. The average Bonchev–Trinajstić information content (AvgIpc) is 4.08. The van der Waals surface area contributed by atoms with E-state index in [9.17, 15) is 24.4 Å². The summed E-state index contributed by atoms with van der Waals surface area (Å²) in [6.07, 6.45) is 2.16. The van der Waals surface area contributed by atoms with Crippen LogP contribution in [0.3, 0.4) is 0 Å². The minimum atomic E-state index is -1.27. The summed E-state index contributed by atoms with van der Waals surface area (Å²) in [6, 6.07) is 15.0. The number of hydrogen-bond donors (Lipinski definition) is 2. The van der Waals surface area contributed by atoms with Crippen molar-refractivity contribution in [2.45, 2.75) is 109 Å². The van der Waals surface area contributed by atoms with Gasteiger partial charge in [0.2, 0.25) is 0 Å². The zero-order valence-electron chi connectivity index (χ0n) is 32.6. The number of benzene rings is 2. The fraction of sp³-hybridized carbons (Fsp3) is 0.610. The van der Waals surface area contributed by atoms with Gasteiger partial charge in [-0.15, -0.1) is 0 Å². The van der Waals surface area contributed by atoms with Crippen LogP contribution in [-0.2, 0) is 51.2 Å². The van der Waals surface area contributed by atoms with Crippen molar-refractivity contribution in [3.05, 3.63) is 65.7 Å².